The number of hydrogen-bond donors (Lipinski definition) is 2. The molecular formula is C15H23N3O5S. The molecule has 9 heteroatoms. The Morgan fingerprint density at radius 2 is 1.88 bits per heavy atom. The molecule has 0 saturated carbocycles. The van der Waals surface area contributed by atoms with Crippen LogP contribution in [0.2, 0.25) is 0 Å². The van der Waals surface area contributed by atoms with Gasteiger partial charge < -0.3 is 15.5 Å². The van der Waals surface area contributed by atoms with Gasteiger partial charge in [-0.05, 0) is 12.8 Å². The summed E-state index contributed by atoms with van der Waals surface area (Å²) in [6, 6.07) is 0.266. The van der Waals surface area contributed by atoms with Gasteiger partial charge in [0.1, 0.15) is 0 Å². The SMILES string of the molecule is C.O=C1N[C@H]2CSC(CCCCC(=O)ON3C(=O)CCC3=O)[C@H]2N1. The molecule has 24 heavy (non-hydrogen) atoms. The van der Waals surface area contributed by atoms with Crippen molar-refractivity contribution in [2.24, 2.45) is 0 Å². The molecule has 3 heterocycles. The summed E-state index contributed by atoms with van der Waals surface area (Å²) in [6.45, 7) is 0. The van der Waals surface area contributed by atoms with E-state index in [-0.39, 0.29) is 44.8 Å². The minimum absolute atomic E-state index is 0. The van der Waals surface area contributed by atoms with E-state index in [2.05, 4.69) is 10.6 Å². The highest BCUT2D eigenvalue weighted by Gasteiger charge is 2.42. The number of hydrogen-bond acceptors (Lipinski definition) is 6. The summed E-state index contributed by atoms with van der Waals surface area (Å²) in [4.78, 5) is 50.5. The van der Waals surface area contributed by atoms with Gasteiger partial charge in [0.15, 0.2) is 0 Å². The maximum absolute atomic E-state index is 11.7. The highest BCUT2D eigenvalue weighted by atomic mass is 32.2. The molecule has 8 nitrogen and oxygen atoms in total. The number of nitrogens with zero attached hydrogens (tertiary/aromatic N) is 1. The van der Waals surface area contributed by atoms with Gasteiger partial charge in [0.25, 0.3) is 11.8 Å². The summed E-state index contributed by atoms with van der Waals surface area (Å²) < 4.78 is 0. The largest absolute Gasteiger partial charge is 0.333 e. The monoisotopic (exact) mass is 357 g/mol. The molecule has 3 aliphatic rings. The normalized spacial score (nSPS) is 28.2. The zero-order chi connectivity index (χ0) is 16.4. The average Bonchev–Trinajstić information content (AvgIpc) is 3.14. The summed E-state index contributed by atoms with van der Waals surface area (Å²) in [5.74, 6) is -0.557. The van der Waals surface area contributed by atoms with E-state index in [1.54, 1.807) is 0 Å². The molecule has 1 unspecified atom stereocenters. The van der Waals surface area contributed by atoms with E-state index in [1.807, 2.05) is 11.8 Å². The molecule has 0 aliphatic carbocycles. The van der Waals surface area contributed by atoms with E-state index in [9.17, 15) is 19.2 Å². The van der Waals surface area contributed by atoms with Crippen LogP contribution < -0.4 is 10.6 Å². The van der Waals surface area contributed by atoms with Crippen molar-refractivity contribution in [3.8, 4) is 0 Å². The van der Waals surface area contributed by atoms with Crippen molar-refractivity contribution < 1.29 is 24.0 Å². The molecule has 3 rings (SSSR count). The number of urea groups is 1. The third-order valence-corrected chi connectivity index (χ3v) is 5.77. The third kappa shape index (κ3) is 4.00. The topological polar surface area (TPSA) is 105 Å². The van der Waals surface area contributed by atoms with Crippen molar-refractivity contribution in [1.29, 1.82) is 0 Å². The van der Waals surface area contributed by atoms with E-state index in [4.69, 9.17) is 4.84 Å². The number of hydroxylamine groups is 2. The van der Waals surface area contributed by atoms with Crippen LogP contribution in [0.4, 0.5) is 4.79 Å². The van der Waals surface area contributed by atoms with E-state index in [0.717, 1.165) is 18.6 Å². The van der Waals surface area contributed by atoms with E-state index >= 15 is 0 Å². The number of imide groups is 1. The molecule has 0 aromatic carbocycles. The van der Waals surface area contributed by atoms with E-state index in [0.29, 0.717) is 16.7 Å². The number of fused-ring (bicyclic) bond motifs is 1. The Balaban J connectivity index is 0.00000208. The van der Waals surface area contributed by atoms with E-state index in [1.165, 1.54) is 0 Å². The van der Waals surface area contributed by atoms with Gasteiger partial charge in [-0.25, -0.2) is 9.59 Å². The van der Waals surface area contributed by atoms with Crippen LogP contribution in [0.3, 0.4) is 0 Å². The molecule has 0 aromatic heterocycles. The lowest BCUT2D eigenvalue weighted by Crippen LogP contribution is -2.36. The summed E-state index contributed by atoms with van der Waals surface area (Å²) in [7, 11) is 0. The second kappa shape index (κ2) is 7.87. The predicted octanol–water partition coefficient (Wildman–Crippen LogP) is 0.955. The molecular weight excluding hydrogens is 334 g/mol. The molecule has 0 radical (unpaired) electrons. The van der Waals surface area contributed by atoms with Crippen LogP contribution in [0.1, 0.15) is 46.0 Å². The lowest BCUT2D eigenvalue weighted by molar-refractivity contribution is -0.197. The predicted molar refractivity (Wildman–Crippen MR) is 87.9 cm³/mol. The Morgan fingerprint density at radius 1 is 1.17 bits per heavy atom. The van der Waals surface area contributed by atoms with Gasteiger partial charge in [-0.15, -0.1) is 5.06 Å². The fourth-order valence-corrected chi connectivity index (χ4v) is 4.61. The Hall–Kier alpha value is -1.77. The quantitative estimate of drug-likeness (QED) is 0.417. The highest BCUT2D eigenvalue weighted by Crippen LogP contribution is 2.33. The average molecular weight is 357 g/mol. The van der Waals surface area contributed by atoms with Gasteiger partial charge in [0.2, 0.25) is 0 Å². The van der Waals surface area contributed by atoms with Crippen molar-refractivity contribution in [3.63, 3.8) is 0 Å². The first-order valence-corrected chi connectivity index (χ1v) is 8.84. The molecule has 0 spiro atoms. The van der Waals surface area contributed by atoms with Gasteiger partial charge in [0.05, 0.1) is 12.1 Å². The van der Waals surface area contributed by atoms with Gasteiger partial charge in [-0.2, -0.15) is 11.8 Å². The van der Waals surface area contributed by atoms with Crippen LogP contribution in [0.5, 0.6) is 0 Å². The Bertz CT molecular complexity index is 525. The summed E-state index contributed by atoms with van der Waals surface area (Å²) in [5, 5.41) is 6.76. The molecule has 3 atom stereocenters. The number of carbonyl (C=O) groups is 4. The van der Waals surface area contributed by atoms with Gasteiger partial charge in [-0.3, -0.25) is 9.59 Å². The maximum Gasteiger partial charge on any atom is 0.333 e. The van der Waals surface area contributed by atoms with Crippen LogP contribution >= 0.6 is 11.8 Å². The fraction of sp³-hybridized carbons (Fsp3) is 0.733. The molecule has 2 N–H and O–H groups in total. The van der Waals surface area contributed by atoms with Crippen LogP contribution in [0.25, 0.3) is 0 Å². The van der Waals surface area contributed by atoms with Crippen LogP contribution in [-0.4, -0.2) is 52.0 Å². The Kier molecular flexibility index (Phi) is 6.09. The summed E-state index contributed by atoms with van der Waals surface area (Å²) in [5.41, 5.74) is 0. The minimum Gasteiger partial charge on any atom is -0.332 e. The first-order chi connectivity index (χ1) is 11.0. The van der Waals surface area contributed by atoms with Crippen LogP contribution in [-0.2, 0) is 19.2 Å². The highest BCUT2D eigenvalue weighted by molar-refractivity contribution is 8.00. The first-order valence-electron chi connectivity index (χ1n) is 7.80. The van der Waals surface area contributed by atoms with Crippen LogP contribution in [0, 0.1) is 0 Å². The summed E-state index contributed by atoms with van der Waals surface area (Å²) >= 11 is 1.83. The molecule has 0 aromatic rings. The second-order valence-electron chi connectivity index (χ2n) is 5.91. The zero-order valence-electron chi connectivity index (χ0n) is 12.6. The molecule has 3 aliphatic heterocycles. The number of rotatable bonds is 6. The molecule has 134 valence electrons. The second-order valence-corrected chi connectivity index (χ2v) is 7.18. The number of unbranched alkanes of at least 4 members (excludes halogenated alkanes) is 1. The number of carbonyl (C=O) groups excluding carboxylic acids is 4. The van der Waals surface area contributed by atoms with Crippen molar-refractivity contribution >= 4 is 35.6 Å². The number of thioether (sulfide) groups is 1. The van der Waals surface area contributed by atoms with E-state index < -0.39 is 17.8 Å². The number of amides is 4. The lowest BCUT2D eigenvalue weighted by Gasteiger charge is -2.16. The molecule has 0 bridgehead atoms. The van der Waals surface area contributed by atoms with Crippen molar-refractivity contribution in [2.75, 3.05) is 5.75 Å². The molecule has 3 fully saturated rings. The standard InChI is InChI=1S/C14H19N3O5S.CH4/c18-10-5-6-11(19)17(10)22-12(20)4-2-1-3-9-13-8(7-23-9)15-14(21)16-13;/h8-9,13H,1-7H2,(H2,15,16,21);1H4/t8-,9?,13-;/m0./s1. The van der Waals surface area contributed by atoms with Crippen LogP contribution in [0.15, 0.2) is 0 Å². The minimum atomic E-state index is -0.554. The maximum atomic E-state index is 11.7. The third-order valence-electron chi connectivity index (χ3n) is 4.26. The Labute approximate surface area is 145 Å². The first kappa shape index (κ1) is 18.6. The molecule has 4 amide bonds. The van der Waals surface area contributed by atoms with Gasteiger partial charge in [0, 0.05) is 30.3 Å². The zero-order valence-corrected chi connectivity index (χ0v) is 13.4. The Morgan fingerprint density at radius 3 is 2.58 bits per heavy atom. The number of nitrogens with one attached hydrogen (secondary N) is 2. The van der Waals surface area contributed by atoms with Gasteiger partial charge >= 0.3 is 12.0 Å². The van der Waals surface area contributed by atoms with Crippen molar-refractivity contribution in [3.05, 3.63) is 0 Å². The lowest BCUT2D eigenvalue weighted by atomic mass is 10.0. The molecule has 3 saturated heterocycles. The fourth-order valence-electron chi connectivity index (χ4n) is 3.06. The summed E-state index contributed by atoms with van der Waals surface area (Å²) in [6.07, 6.45) is 2.75. The van der Waals surface area contributed by atoms with Gasteiger partial charge in [-0.1, -0.05) is 13.8 Å². The van der Waals surface area contributed by atoms with Crippen molar-refractivity contribution in [1.82, 2.24) is 15.7 Å². The van der Waals surface area contributed by atoms with Crippen molar-refractivity contribution in [2.45, 2.75) is 63.3 Å². The smallest absolute Gasteiger partial charge is 0.332 e.